The van der Waals surface area contributed by atoms with Gasteiger partial charge in [-0.2, -0.15) is 26.3 Å². The predicted molar refractivity (Wildman–Crippen MR) is 89.6 cm³/mol. The van der Waals surface area contributed by atoms with Crippen LogP contribution in [0.1, 0.15) is 22.3 Å². The highest BCUT2D eigenvalue weighted by molar-refractivity contribution is 6.24. The van der Waals surface area contributed by atoms with Crippen molar-refractivity contribution >= 4 is 28.6 Å². The largest absolute Gasteiger partial charge is 0.416 e. The van der Waals surface area contributed by atoms with E-state index in [1.165, 1.54) is 12.4 Å². The fourth-order valence-corrected chi connectivity index (χ4v) is 2.66. The Morgan fingerprint density at radius 3 is 2.18 bits per heavy atom. The maximum Gasteiger partial charge on any atom is 0.416 e. The summed E-state index contributed by atoms with van der Waals surface area (Å²) in [4.78, 5) is 18.7. The summed E-state index contributed by atoms with van der Waals surface area (Å²) in [6.45, 7) is 0. The van der Waals surface area contributed by atoms with E-state index in [0.717, 1.165) is 6.08 Å². The number of hydrogen-bond donors (Lipinski definition) is 2. The van der Waals surface area contributed by atoms with E-state index in [-0.39, 0.29) is 6.07 Å². The lowest BCUT2D eigenvalue weighted by molar-refractivity contribution is -0.143. The number of nitrogens with one attached hydrogen (secondary N) is 1. The number of rotatable bonds is 3. The van der Waals surface area contributed by atoms with Gasteiger partial charge < -0.3 is 10.7 Å². The van der Waals surface area contributed by atoms with Crippen molar-refractivity contribution < 1.29 is 31.1 Å². The minimum Gasteiger partial charge on any atom is -0.366 e. The molecule has 1 aromatic carbocycles. The van der Waals surface area contributed by atoms with Gasteiger partial charge >= 0.3 is 12.4 Å². The number of amides is 1. The molecular weight excluding hydrogens is 388 g/mol. The zero-order valence-electron chi connectivity index (χ0n) is 13.8. The quantitative estimate of drug-likeness (QED) is 0.498. The second-order valence-corrected chi connectivity index (χ2v) is 5.86. The van der Waals surface area contributed by atoms with Crippen molar-refractivity contribution in [3.63, 3.8) is 0 Å². The average Bonchev–Trinajstić information content (AvgIpc) is 3.00. The normalized spacial score (nSPS) is 13.1. The van der Waals surface area contributed by atoms with Crippen molar-refractivity contribution in [1.29, 1.82) is 0 Å². The summed E-state index contributed by atoms with van der Waals surface area (Å²) in [6, 6.07) is 4.11. The van der Waals surface area contributed by atoms with Crippen molar-refractivity contribution in [1.82, 2.24) is 9.97 Å². The zero-order valence-corrected chi connectivity index (χ0v) is 13.8. The van der Waals surface area contributed by atoms with Gasteiger partial charge in [0.2, 0.25) is 5.91 Å². The average molecular weight is 399 g/mol. The number of benzene rings is 1. The van der Waals surface area contributed by atoms with Gasteiger partial charge in [-0.05, 0) is 42.0 Å². The molecule has 0 atom stereocenters. The maximum absolute atomic E-state index is 13.1. The first kappa shape index (κ1) is 19.5. The van der Waals surface area contributed by atoms with Gasteiger partial charge in [-0.15, -0.1) is 0 Å². The summed E-state index contributed by atoms with van der Waals surface area (Å²) in [5.41, 5.74) is 1.85. The first-order chi connectivity index (χ1) is 13.0. The number of nitrogens with two attached hydrogens (primary N) is 1. The van der Waals surface area contributed by atoms with Gasteiger partial charge in [0.1, 0.15) is 5.65 Å². The van der Waals surface area contributed by atoms with Crippen LogP contribution < -0.4 is 5.73 Å². The predicted octanol–water partition coefficient (Wildman–Crippen LogP) is 4.63. The van der Waals surface area contributed by atoms with Gasteiger partial charge in [0.05, 0.1) is 11.1 Å². The van der Waals surface area contributed by atoms with Crippen LogP contribution in [0.25, 0.3) is 22.7 Å². The smallest absolute Gasteiger partial charge is 0.366 e. The zero-order chi connectivity index (χ0) is 20.7. The molecule has 0 unspecified atom stereocenters. The molecule has 0 fully saturated rings. The number of H-pyrrole nitrogens is 1. The summed E-state index contributed by atoms with van der Waals surface area (Å²) in [6.07, 6.45) is -6.05. The molecule has 146 valence electrons. The van der Waals surface area contributed by atoms with Crippen LogP contribution >= 0.6 is 0 Å². The van der Waals surface area contributed by atoms with E-state index in [9.17, 15) is 31.1 Å². The molecule has 4 nitrogen and oxygen atoms in total. The topological polar surface area (TPSA) is 71.8 Å². The lowest BCUT2D eigenvalue weighted by atomic mass is 9.97. The van der Waals surface area contributed by atoms with E-state index in [1.54, 1.807) is 12.1 Å². The van der Waals surface area contributed by atoms with E-state index < -0.39 is 40.5 Å². The number of primary amides is 1. The molecule has 0 saturated carbocycles. The Bertz CT molecular complexity index is 1050. The van der Waals surface area contributed by atoms with Crippen molar-refractivity contribution in [3.05, 3.63) is 65.0 Å². The summed E-state index contributed by atoms with van der Waals surface area (Å²) in [5, 5.41) is 0.518. The molecule has 1 amide bonds. The van der Waals surface area contributed by atoms with Gasteiger partial charge in [0.25, 0.3) is 0 Å². The Labute approximate surface area is 153 Å². The second-order valence-electron chi connectivity index (χ2n) is 5.86. The van der Waals surface area contributed by atoms with Gasteiger partial charge in [0, 0.05) is 28.9 Å². The molecule has 0 aliphatic rings. The summed E-state index contributed by atoms with van der Waals surface area (Å²) >= 11 is 0. The number of aromatic amines is 1. The minimum absolute atomic E-state index is 0.0161. The van der Waals surface area contributed by atoms with Crippen molar-refractivity contribution in [2.24, 2.45) is 5.73 Å². The number of carbonyl (C=O) groups excluding carboxylic acids is 1. The Balaban J connectivity index is 2.24. The van der Waals surface area contributed by atoms with Gasteiger partial charge in [0.15, 0.2) is 0 Å². The maximum atomic E-state index is 13.1. The van der Waals surface area contributed by atoms with E-state index in [4.69, 9.17) is 5.73 Å². The number of hydrogen-bond acceptors (Lipinski definition) is 2. The summed E-state index contributed by atoms with van der Waals surface area (Å²) < 4.78 is 78.4. The number of carbonyl (C=O) groups is 1. The number of alkyl halides is 6. The number of fused-ring (bicyclic) bond motifs is 1. The highest BCUT2D eigenvalue weighted by atomic mass is 19.4. The molecule has 28 heavy (non-hydrogen) atoms. The number of pyridine rings is 1. The molecule has 3 N–H and O–H groups in total. The Kier molecular flexibility index (Phi) is 4.66. The summed E-state index contributed by atoms with van der Waals surface area (Å²) in [5.74, 6) is -1.18. The van der Waals surface area contributed by atoms with Crippen LogP contribution in [-0.4, -0.2) is 15.9 Å². The molecule has 0 bridgehead atoms. The van der Waals surface area contributed by atoms with Crippen LogP contribution in [-0.2, 0) is 17.1 Å². The number of nitrogens with zero attached hydrogens (tertiary/aromatic N) is 1. The van der Waals surface area contributed by atoms with Crippen LogP contribution in [0.2, 0.25) is 0 Å². The Morgan fingerprint density at radius 1 is 1.04 bits per heavy atom. The Morgan fingerprint density at radius 2 is 1.64 bits per heavy atom. The molecule has 2 heterocycles. The van der Waals surface area contributed by atoms with Gasteiger partial charge in [-0.1, -0.05) is 0 Å². The molecular formula is C18H11F6N3O. The monoisotopic (exact) mass is 399 g/mol. The van der Waals surface area contributed by atoms with E-state index in [1.807, 2.05) is 0 Å². The lowest BCUT2D eigenvalue weighted by Crippen LogP contribution is -2.16. The van der Waals surface area contributed by atoms with Gasteiger partial charge in [-0.3, -0.25) is 4.79 Å². The molecule has 0 saturated heterocycles. The van der Waals surface area contributed by atoms with Crippen LogP contribution in [0.5, 0.6) is 0 Å². The van der Waals surface area contributed by atoms with Crippen LogP contribution in [0.15, 0.2) is 42.7 Å². The molecule has 0 aliphatic carbocycles. The second kappa shape index (κ2) is 6.70. The first-order valence-electron chi connectivity index (χ1n) is 7.70. The van der Waals surface area contributed by atoms with Crippen molar-refractivity contribution in [2.45, 2.75) is 12.4 Å². The van der Waals surface area contributed by atoms with Gasteiger partial charge in [-0.25, -0.2) is 4.98 Å². The first-order valence-corrected chi connectivity index (χ1v) is 7.70. The van der Waals surface area contributed by atoms with E-state index in [0.29, 0.717) is 28.7 Å². The molecule has 2 aromatic heterocycles. The highest BCUT2D eigenvalue weighted by Crippen LogP contribution is 2.38. The molecule has 3 rings (SSSR count). The highest BCUT2D eigenvalue weighted by Gasteiger charge is 2.37. The van der Waals surface area contributed by atoms with Crippen LogP contribution in [0.4, 0.5) is 26.3 Å². The fourth-order valence-electron chi connectivity index (χ4n) is 2.66. The molecule has 3 aromatic rings. The minimum atomic E-state index is -5.04. The van der Waals surface area contributed by atoms with Crippen LogP contribution in [0.3, 0.4) is 0 Å². The lowest BCUT2D eigenvalue weighted by Gasteiger charge is -2.15. The third-order valence-corrected chi connectivity index (χ3v) is 3.95. The van der Waals surface area contributed by atoms with Crippen molar-refractivity contribution in [2.75, 3.05) is 0 Å². The summed E-state index contributed by atoms with van der Waals surface area (Å²) in [7, 11) is 0. The number of halogens is 6. The third-order valence-electron chi connectivity index (χ3n) is 3.95. The number of aromatic nitrogens is 2. The Hall–Kier alpha value is -3.30. The van der Waals surface area contributed by atoms with E-state index >= 15 is 0 Å². The fraction of sp³-hybridized carbons (Fsp3) is 0.111. The third kappa shape index (κ3) is 3.85. The molecule has 10 heteroatoms. The molecule has 0 spiro atoms. The van der Waals surface area contributed by atoms with Crippen molar-refractivity contribution in [3.8, 4) is 0 Å². The van der Waals surface area contributed by atoms with E-state index in [2.05, 4.69) is 9.97 Å². The molecule has 0 radical (unpaired) electrons. The SMILES string of the molecule is NC(=O)C(=Cc1c[nH]c2ncccc12)c1cc(C(F)(F)F)cc(C(F)(F)F)c1. The molecule has 0 aliphatic heterocycles. The standard InChI is InChI=1S/C18H11F6N3O/c19-17(20,21)11-4-9(5-12(7-11)18(22,23)24)14(15(25)28)6-10-8-27-16-13(10)2-1-3-26-16/h1-8H,(H2,25,28)(H,26,27). The van der Waals surface area contributed by atoms with Crippen LogP contribution in [0, 0.1) is 0 Å².